The van der Waals surface area contributed by atoms with Gasteiger partial charge in [-0.25, -0.2) is 0 Å². The number of benzene rings is 1. The van der Waals surface area contributed by atoms with Crippen LogP contribution in [0.1, 0.15) is 6.92 Å². The molecule has 3 rings (SSSR count). The lowest BCUT2D eigenvalue weighted by Crippen LogP contribution is -2.55. The molecule has 2 aliphatic heterocycles. The summed E-state index contributed by atoms with van der Waals surface area (Å²) in [5.74, 6) is 0.874. The summed E-state index contributed by atoms with van der Waals surface area (Å²) in [7, 11) is 1.61. The SMILES string of the molecule is COc1ccc(NC(=O)[C@H](C)N2CCN(C(=O)CN3CCOCC3)CC2)cc1. The van der Waals surface area contributed by atoms with Crippen LogP contribution in [0, 0.1) is 0 Å². The Kier molecular flexibility index (Phi) is 7.24. The largest absolute Gasteiger partial charge is 0.497 e. The van der Waals surface area contributed by atoms with Crippen LogP contribution in [0.4, 0.5) is 5.69 Å². The number of piperazine rings is 1. The van der Waals surface area contributed by atoms with Crippen molar-refractivity contribution < 1.29 is 19.1 Å². The molecule has 0 spiro atoms. The second kappa shape index (κ2) is 9.86. The summed E-state index contributed by atoms with van der Waals surface area (Å²) in [5.41, 5.74) is 0.747. The summed E-state index contributed by atoms with van der Waals surface area (Å²) in [4.78, 5) is 31.2. The zero-order chi connectivity index (χ0) is 19.9. The van der Waals surface area contributed by atoms with Gasteiger partial charge in [0.25, 0.3) is 0 Å². The molecule has 0 aliphatic carbocycles. The van der Waals surface area contributed by atoms with E-state index in [1.54, 1.807) is 7.11 Å². The van der Waals surface area contributed by atoms with Crippen LogP contribution >= 0.6 is 0 Å². The Morgan fingerprint density at radius 3 is 2.32 bits per heavy atom. The van der Waals surface area contributed by atoms with Crippen LogP contribution in [0.25, 0.3) is 0 Å². The molecular weight excluding hydrogens is 360 g/mol. The average Bonchev–Trinajstić information content (AvgIpc) is 2.74. The molecule has 1 N–H and O–H groups in total. The number of hydrogen-bond acceptors (Lipinski definition) is 6. The van der Waals surface area contributed by atoms with Crippen molar-refractivity contribution in [1.82, 2.24) is 14.7 Å². The third kappa shape index (κ3) is 5.43. The van der Waals surface area contributed by atoms with Gasteiger partial charge < -0.3 is 19.7 Å². The summed E-state index contributed by atoms with van der Waals surface area (Å²) in [6.45, 7) is 8.10. The second-order valence-electron chi connectivity index (χ2n) is 7.20. The molecule has 1 atom stereocenters. The van der Waals surface area contributed by atoms with Gasteiger partial charge in [-0.3, -0.25) is 19.4 Å². The van der Waals surface area contributed by atoms with Gasteiger partial charge in [0.15, 0.2) is 0 Å². The standard InChI is InChI=1S/C20H30N4O4/c1-16(20(26)21-17-3-5-18(27-2)6-4-17)23-7-9-24(10-8-23)19(25)15-22-11-13-28-14-12-22/h3-6,16H,7-15H2,1-2H3,(H,21,26)/t16-/m0/s1. The quantitative estimate of drug-likeness (QED) is 0.763. The number of carbonyl (C=O) groups is 2. The summed E-state index contributed by atoms with van der Waals surface area (Å²) >= 11 is 0. The van der Waals surface area contributed by atoms with E-state index in [-0.39, 0.29) is 17.9 Å². The van der Waals surface area contributed by atoms with E-state index in [4.69, 9.17) is 9.47 Å². The minimum absolute atomic E-state index is 0.0433. The number of carbonyl (C=O) groups excluding carboxylic acids is 2. The van der Waals surface area contributed by atoms with E-state index in [2.05, 4.69) is 15.1 Å². The van der Waals surface area contributed by atoms with Gasteiger partial charge in [-0.05, 0) is 31.2 Å². The van der Waals surface area contributed by atoms with Gasteiger partial charge in [0.05, 0.1) is 32.9 Å². The lowest BCUT2D eigenvalue weighted by atomic mass is 10.2. The third-order valence-electron chi connectivity index (χ3n) is 5.41. The first-order valence-corrected chi connectivity index (χ1v) is 9.83. The van der Waals surface area contributed by atoms with Crippen molar-refractivity contribution in [2.24, 2.45) is 0 Å². The summed E-state index contributed by atoms with van der Waals surface area (Å²) < 4.78 is 10.5. The molecule has 0 aromatic heterocycles. The predicted octanol–water partition coefficient (Wildman–Crippen LogP) is 0.499. The van der Waals surface area contributed by atoms with E-state index in [1.807, 2.05) is 36.1 Å². The molecule has 2 aliphatic rings. The summed E-state index contributed by atoms with van der Waals surface area (Å²) in [6, 6.07) is 7.04. The summed E-state index contributed by atoms with van der Waals surface area (Å²) in [6.07, 6.45) is 0. The van der Waals surface area contributed by atoms with Gasteiger partial charge in [0.2, 0.25) is 11.8 Å². The number of ether oxygens (including phenoxy) is 2. The van der Waals surface area contributed by atoms with Crippen LogP contribution in [0.15, 0.2) is 24.3 Å². The van der Waals surface area contributed by atoms with Crippen molar-refractivity contribution in [3.63, 3.8) is 0 Å². The Morgan fingerprint density at radius 2 is 1.71 bits per heavy atom. The van der Waals surface area contributed by atoms with Gasteiger partial charge in [0, 0.05) is 45.0 Å². The van der Waals surface area contributed by atoms with Gasteiger partial charge in [0.1, 0.15) is 5.75 Å². The average molecular weight is 390 g/mol. The fourth-order valence-electron chi connectivity index (χ4n) is 3.50. The van der Waals surface area contributed by atoms with Crippen LogP contribution in [0.5, 0.6) is 5.75 Å². The van der Waals surface area contributed by atoms with E-state index in [1.165, 1.54) is 0 Å². The molecule has 154 valence electrons. The van der Waals surface area contributed by atoms with Crippen LogP contribution in [0.2, 0.25) is 0 Å². The first kappa shape index (κ1) is 20.6. The Labute approximate surface area is 166 Å². The zero-order valence-electron chi connectivity index (χ0n) is 16.7. The minimum atomic E-state index is -0.251. The molecule has 28 heavy (non-hydrogen) atoms. The van der Waals surface area contributed by atoms with Crippen molar-refractivity contribution in [3.8, 4) is 5.75 Å². The van der Waals surface area contributed by atoms with Crippen LogP contribution < -0.4 is 10.1 Å². The third-order valence-corrected chi connectivity index (χ3v) is 5.41. The fraction of sp³-hybridized carbons (Fsp3) is 0.600. The van der Waals surface area contributed by atoms with E-state index in [0.29, 0.717) is 45.9 Å². The van der Waals surface area contributed by atoms with Crippen LogP contribution in [0.3, 0.4) is 0 Å². The monoisotopic (exact) mass is 390 g/mol. The highest BCUT2D eigenvalue weighted by Crippen LogP contribution is 2.16. The highest BCUT2D eigenvalue weighted by atomic mass is 16.5. The number of amides is 2. The Hall–Kier alpha value is -2.16. The van der Waals surface area contributed by atoms with Gasteiger partial charge in [-0.2, -0.15) is 0 Å². The van der Waals surface area contributed by atoms with Crippen molar-refractivity contribution in [3.05, 3.63) is 24.3 Å². The maximum Gasteiger partial charge on any atom is 0.241 e. The van der Waals surface area contributed by atoms with Crippen molar-refractivity contribution in [2.45, 2.75) is 13.0 Å². The molecule has 0 radical (unpaired) electrons. The summed E-state index contributed by atoms with van der Waals surface area (Å²) in [5, 5.41) is 2.94. The molecule has 1 aromatic rings. The molecule has 2 fully saturated rings. The number of morpholine rings is 1. The number of nitrogens with one attached hydrogen (secondary N) is 1. The predicted molar refractivity (Wildman–Crippen MR) is 106 cm³/mol. The van der Waals surface area contributed by atoms with Crippen LogP contribution in [-0.4, -0.2) is 98.7 Å². The van der Waals surface area contributed by atoms with Crippen LogP contribution in [-0.2, 0) is 14.3 Å². The normalized spacial score (nSPS) is 19.9. The molecule has 2 heterocycles. The van der Waals surface area contributed by atoms with E-state index >= 15 is 0 Å². The molecular formula is C20H30N4O4. The number of nitrogens with zero attached hydrogens (tertiary/aromatic N) is 3. The Balaban J connectivity index is 1.43. The molecule has 2 amide bonds. The van der Waals surface area contributed by atoms with Gasteiger partial charge >= 0.3 is 0 Å². The molecule has 0 unspecified atom stereocenters. The molecule has 8 nitrogen and oxygen atoms in total. The lowest BCUT2D eigenvalue weighted by Gasteiger charge is -2.38. The fourth-order valence-corrected chi connectivity index (χ4v) is 3.50. The van der Waals surface area contributed by atoms with Crippen molar-refractivity contribution in [2.75, 3.05) is 71.5 Å². The molecule has 8 heteroatoms. The topological polar surface area (TPSA) is 74.4 Å². The zero-order valence-corrected chi connectivity index (χ0v) is 16.7. The van der Waals surface area contributed by atoms with Gasteiger partial charge in [-0.15, -0.1) is 0 Å². The molecule has 0 saturated carbocycles. The first-order chi connectivity index (χ1) is 13.6. The lowest BCUT2D eigenvalue weighted by molar-refractivity contribution is -0.135. The highest BCUT2D eigenvalue weighted by molar-refractivity contribution is 5.94. The Bertz CT molecular complexity index is 653. The maximum absolute atomic E-state index is 12.6. The van der Waals surface area contributed by atoms with E-state index < -0.39 is 0 Å². The van der Waals surface area contributed by atoms with E-state index in [0.717, 1.165) is 24.5 Å². The number of methoxy groups -OCH3 is 1. The number of rotatable bonds is 6. The first-order valence-electron chi connectivity index (χ1n) is 9.83. The van der Waals surface area contributed by atoms with Gasteiger partial charge in [-0.1, -0.05) is 0 Å². The van der Waals surface area contributed by atoms with Crippen molar-refractivity contribution >= 4 is 17.5 Å². The molecule has 2 saturated heterocycles. The maximum atomic E-state index is 12.6. The van der Waals surface area contributed by atoms with E-state index in [9.17, 15) is 9.59 Å². The Morgan fingerprint density at radius 1 is 1.07 bits per heavy atom. The second-order valence-corrected chi connectivity index (χ2v) is 7.20. The smallest absolute Gasteiger partial charge is 0.241 e. The van der Waals surface area contributed by atoms with Crippen molar-refractivity contribution in [1.29, 1.82) is 0 Å². The number of hydrogen-bond donors (Lipinski definition) is 1. The highest BCUT2D eigenvalue weighted by Gasteiger charge is 2.28. The molecule has 0 bridgehead atoms. The minimum Gasteiger partial charge on any atom is -0.497 e. The molecule has 1 aromatic carbocycles. The number of anilines is 1.